The zero-order valence-corrected chi connectivity index (χ0v) is 27.4. The van der Waals surface area contributed by atoms with E-state index in [2.05, 4.69) is 68.2 Å². The molecule has 6 nitrogen and oxygen atoms in total. The summed E-state index contributed by atoms with van der Waals surface area (Å²) >= 11 is 0. The predicted octanol–water partition coefficient (Wildman–Crippen LogP) is 7.32. The molecule has 2 saturated heterocycles. The van der Waals surface area contributed by atoms with Crippen molar-refractivity contribution in [1.82, 2.24) is 9.80 Å². The normalized spacial score (nSPS) is 21.0. The number of hydrogen-bond acceptors (Lipinski definition) is 4. The molecule has 3 atom stereocenters. The van der Waals surface area contributed by atoms with E-state index >= 15 is 4.39 Å². The van der Waals surface area contributed by atoms with Crippen LogP contribution < -0.4 is 5.32 Å². The molecule has 0 radical (unpaired) electrons. The van der Waals surface area contributed by atoms with Gasteiger partial charge in [-0.3, -0.25) is 14.5 Å². The van der Waals surface area contributed by atoms with Crippen LogP contribution in [0, 0.1) is 18.7 Å². The van der Waals surface area contributed by atoms with Crippen LogP contribution >= 0.6 is 0 Å². The first kappa shape index (κ1) is 32.8. The zero-order chi connectivity index (χ0) is 32.1. The van der Waals surface area contributed by atoms with Crippen LogP contribution in [0.1, 0.15) is 85.6 Å². The monoisotopic (exact) mass is 613 g/mol. The van der Waals surface area contributed by atoms with Crippen molar-refractivity contribution >= 4 is 17.5 Å². The Kier molecular flexibility index (Phi) is 10.4. The molecule has 7 heteroatoms. The molecule has 2 aliphatic rings. The van der Waals surface area contributed by atoms with E-state index < -0.39 is 17.8 Å². The van der Waals surface area contributed by atoms with Crippen molar-refractivity contribution in [3.05, 3.63) is 100 Å². The van der Waals surface area contributed by atoms with E-state index in [0.717, 1.165) is 56.0 Å². The number of amides is 2. The molecule has 2 aliphatic heterocycles. The Bertz CT molecular complexity index is 1460. The Balaban J connectivity index is 1.40. The Hall–Kier alpha value is -3.55. The molecule has 0 aromatic heterocycles. The molecule has 0 aliphatic carbocycles. The standard InChI is InChI=1S/C38H48FN3O3/c1-26-10-6-15-33(39)34(26)37(44)42-21-9-14-32(36(43)40-31-13-7-12-30(24-31)38(3,4)5)35(42)29-18-16-28(17-19-29)11-8-20-41-22-23-45-25-27(41)2/h6-7,10,12-13,15-19,24,27,32,35H,8-9,11,14,20-23,25H2,1-5H3,(H,40,43)/t27-,32?,35?/m0/s1. The largest absolute Gasteiger partial charge is 0.379 e. The number of carbonyl (C=O) groups excluding carboxylic acids is 2. The lowest BCUT2D eigenvalue weighted by molar-refractivity contribution is -0.123. The van der Waals surface area contributed by atoms with Crippen LogP contribution in [0.15, 0.2) is 66.7 Å². The van der Waals surface area contributed by atoms with Gasteiger partial charge in [0.2, 0.25) is 5.91 Å². The number of carbonyl (C=O) groups is 2. The Morgan fingerprint density at radius 1 is 1.02 bits per heavy atom. The second-order valence-corrected chi connectivity index (χ2v) is 13.7. The summed E-state index contributed by atoms with van der Waals surface area (Å²) in [6.45, 7) is 14.4. The van der Waals surface area contributed by atoms with Crippen LogP contribution in [0.25, 0.3) is 0 Å². The van der Waals surface area contributed by atoms with Crippen molar-refractivity contribution in [1.29, 1.82) is 0 Å². The molecule has 0 bridgehead atoms. The summed E-state index contributed by atoms with van der Waals surface area (Å²) in [6.07, 6.45) is 3.28. The van der Waals surface area contributed by atoms with E-state index in [4.69, 9.17) is 4.74 Å². The van der Waals surface area contributed by atoms with Gasteiger partial charge in [0.15, 0.2) is 0 Å². The maximum Gasteiger partial charge on any atom is 0.257 e. The average Bonchev–Trinajstić information content (AvgIpc) is 3.01. The second kappa shape index (κ2) is 14.3. The fourth-order valence-electron chi connectivity index (χ4n) is 6.72. The summed E-state index contributed by atoms with van der Waals surface area (Å²) in [5, 5.41) is 3.16. The molecule has 0 saturated carbocycles. The molecule has 2 unspecified atom stereocenters. The number of ether oxygens (including phenoxy) is 1. The van der Waals surface area contributed by atoms with Gasteiger partial charge in [0.25, 0.3) is 5.91 Å². The van der Waals surface area contributed by atoms with Gasteiger partial charge < -0.3 is 15.0 Å². The van der Waals surface area contributed by atoms with Crippen LogP contribution in [0.3, 0.4) is 0 Å². The summed E-state index contributed by atoms with van der Waals surface area (Å²) in [6, 6.07) is 20.9. The van der Waals surface area contributed by atoms with Gasteiger partial charge in [-0.15, -0.1) is 0 Å². The minimum Gasteiger partial charge on any atom is -0.379 e. The molecule has 2 heterocycles. The number of likely N-dealkylation sites (tertiary alicyclic amines) is 1. The van der Waals surface area contributed by atoms with Crippen molar-refractivity contribution in [3.8, 4) is 0 Å². The van der Waals surface area contributed by atoms with Gasteiger partial charge in [-0.25, -0.2) is 4.39 Å². The highest BCUT2D eigenvalue weighted by Crippen LogP contribution is 2.39. The van der Waals surface area contributed by atoms with E-state index in [-0.39, 0.29) is 22.8 Å². The Morgan fingerprint density at radius 2 is 1.78 bits per heavy atom. The second-order valence-electron chi connectivity index (χ2n) is 13.7. The number of benzene rings is 3. The topological polar surface area (TPSA) is 61.9 Å². The van der Waals surface area contributed by atoms with Crippen LogP contribution in [0.5, 0.6) is 0 Å². The van der Waals surface area contributed by atoms with Crippen LogP contribution in [0.4, 0.5) is 10.1 Å². The molecule has 3 aromatic carbocycles. The molecule has 1 N–H and O–H groups in total. The van der Waals surface area contributed by atoms with Crippen LogP contribution in [0.2, 0.25) is 0 Å². The van der Waals surface area contributed by atoms with E-state index in [9.17, 15) is 9.59 Å². The smallest absolute Gasteiger partial charge is 0.257 e. The summed E-state index contributed by atoms with van der Waals surface area (Å²) in [4.78, 5) is 32.2. The third kappa shape index (κ3) is 7.82. The minimum atomic E-state index is -0.533. The first-order chi connectivity index (χ1) is 21.5. The zero-order valence-electron chi connectivity index (χ0n) is 27.4. The first-order valence-corrected chi connectivity index (χ1v) is 16.4. The maximum atomic E-state index is 15.1. The minimum absolute atomic E-state index is 0.0584. The van der Waals surface area contributed by atoms with Gasteiger partial charge in [0.1, 0.15) is 5.82 Å². The number of hydrogen-bond donors (Lipinski definition) is 1. The van der Waals surface area contributed by atoms with Crippen molar-refractivity contribution in [2.75, 3.05) is 38.2 Å². The Labute approximate surface area is 268 Å². The van der Waals surface area contributed by atoms with E-state index in [1.54, 1.807) is 24.0 Å². The van der Waals surface area contributed by atoms with Crippen molar-refractivity contribution < 1.29 is 18.7 Å². The van der Waals surface area contributed by atoms with Gasteiger partial charge >= 0.3 is 0 Å². The lowest BCUT2D eigenvalue weighted by atomic mass is 9.82. The first-order valence-electron chi connectivity index (χ1n) is 16.4. The number of piperidine rings is 1. The van der Waals surface area contributed by atoms with Crippen LogP contribution in [-0.4, -0.2) is 60.5 Å². The van der Waals surface area contributed by atoms with Gasteiger partial charge in [0.05, 0.1) is 30.7 Å². The summed E-state index contributed by atoms with van der Waals surface area (Å²) in [5.74, 6) is -1.51. The average molecular weight is 614 g/mol. The highest BCUT2D eigenvalue weighted by Gasteiger charge is 2.40. The number of rotatable bonds is 8. The fourth-order valence-corrected chi connectivity index (χ4v) is 6.72. The fraction of sp³-hybridized carbons (Fsp3) is 0.474. The van der Waals surface area contributed by atoms with Crippen molar-refractivity contribution in [2.24, 2.45) is 5.92 Å². The summed E-state index contributed by atoms with van der Waals surface area (Å²) in [5.41, 5.74) is 4.60. The molecule has 0 spiro atoms. The van der Waals surface area contributed by atoms with Crippen molar-refractivity contribution in [3.63, 3.8) is 0 Å². The highest BCUT2D eigenvalue weighted by molar-refractivity contribution is 5.98. The molecule has 2 fully saturated rings. The number of morpholine rings is 1. The van der Waals surface area contributed by atoms with Crippen molar-refractivity contribution in [2.45, 2.75) is 77.8 Å². The predicted molar refractivity (Wildman–Crippen MR) is 178 cm³/mol. The molecule has 240 valence electrons. The quantitative estimate of drug-likeness (QED) is 0.289. The Morgan fingerprint density at radius 3 is 2.49 bits per heavy atom. The van der Waals surface area contributed by atoms with E-state index in [1.807, 2.05) is 18.2 Å². The SMILES string of the molecule is Cc1cccc(F)c1C(=O)N1CCCC(C(=O)Nc2cccc(C(C)(C)C)c2)C1c1ccc(CCCN2CCOC[C@@H]2C)cc1. The molecule has 3 aromatic rings. The van der Waals surface area contributed by atoms with E-state index in [0.29, 0.717) is 31.0 Å². The molecular formula is C38H48FN3O3. The number of anilines is 1. The van der Waals surface area contributed by atoms with Crippen LogP contribution in [-0.2, 0) is 21.4 Å². The van der Waals surface area contributed by atoms with Gasteiger partial charge in [0, 0.05) is 24.8 Å². The third-order valence-corrected chi connectivity index (χ3v) is 9.40. The van der Waals surface area contributed by atoms with Gasteiger partial charge in [-0.05, 0) is 91.9 Å². The van der Waals surface area contributed by atoms with Gasteiger partial charge in [-0.2, -0.15) is 0 Å². The molecule has 5 rings (SSSR count). The maximum absolute atomic E-state index is 15.1. The number of nitrogens with zero attached hydrogens (tertiary/aromatic N) is 2. The molecule has 45 heavy (non-hydrogen) atoms. The molecule has 2 amide bonds. The summed E-state index contributed by atoms with van der Waals surface area (Å²) < 4.78 is 20.6. The summed E-state index contributed by atoms with van der Waals surface area (Å²) in [7, 11) is 0. The van der Waals surface area contributed by atoms with E-state index in [1.165, 1.54) is 11.6 Å². The highest BCUT2D eigenvalue weighted by atomic mass is 19.1. The third-order valence-electron chi connectivity index (χ3n) is 9.40. The number of halogens is 1. The lowest BCUT2D eigenvalue weighted by Crippen LogP contribution is -2.46. The van der Waals surface area contributed by atoms with Gasteiger partial charge in [-0.1, -0.05) is 69.3 Å². The lowest BCUT2D eigenvalue weighted by Gasteiger charge is -2.41. The number of nitrogens with one attached hydrogen (secondary N) is 1. The number of aryl methyl sites for hydroxylation is 2. The molecular weight excluding hydrogens is 565 g/mol.